The predicted octanol–water partition coefficient (Wildman–Crippen LogP) is 2.65. The first-order chi connectivity index (χ1) is 10.9. The van der Waals surface area contributed by atoms with Gasteiger partial charge in [-0.2, -0.15) is 0 Å². The van der Waals surface area contributed by atoms with Crippen molar-refractivity contribution in [1.29, 1.82) is 0 Å². The summed E-state index contributed by atoms with van der Waals surface area (Å²) in [6, 6.07) is 14.3. The topological polar surface area (TPSA) is 75.4 Å². The van der Waals surface area contributed by atoms with Crippen LogP contribution in [0.1, 0.15) is 35.1 Å². The van der Waals surface area contributed by atoms with Crippen LogP contribution < -0.4 is 5.11 Å². The van der Waals surface area contributed by atoms with Crippen LogP contribution in [0.25, 0.3) is 0 Å². The summed E-state index contributed by atoms with van der Waals surface area (Å²) in [6.45, 7) is 3.85. The largest absolute Gasteiger partial charge is 0.847 e. The van der Waals surface area contributed by atoms with Crippen LogP contribution >= 0.6 is 0 Å². The molecule has 0 spiro atoms. The van der Waals surface area contributed by atoms with E-state index in [1.807, 2.05) is 38.1 Å². The highest BCUT2D eigenvalue weighted by atomic mass is 17.0. The minimum Gasteiger partial charge on any atom is -0.847 e. The summed E-state index contributed by atoms with van der Waals surface area (Å²) >= 11 is 0. The van der Waals surface area contributed by atoms with Gasteiger partial charge >= 0.3 is 0 Å². The first-order valence-corrected chi connectivity index (χ1v) is 7.56. The van der Waals surface area contributed by atoms with Crippen molar-refractivity contribution in [3.8, 4) is 0 Å². The predicted molar refractivity (Wildman–Crippen MR) is 83.2 cm³/mol. The van der Waals surface area contributed by atoms with E-state index < -0.39 is 16.3 Å². The summed E-state index contributed by atoms with van der Waals surface area (Å²) in [5, 5.41) is 23.5. The van der Waals surface area contributed by atoms with Crippen molar-refractivity contribution in [2.24, 2.45) is 0 Å². The highest BCUT2D eigenvalue weighted by molar-refractivity contribution is 5.43. The molecule has 1 fully saturated rings. The van der Waals surface area contributed by atoms with Gasteiger partial charge in [-0.05, 0) is 25.0 Å². The smallest absolute Gasteiger partial charge is 0.295 e. The third-order valence-electron chi connectivity index (χ3n) is 4.47. The van der Waals surface area contributed by atoms with E-state index in [0.29, 0.717) is 24.0 Å². The third-order valence-corrected chi connectivity index (χ3v) is 4.47. The number of hydrogen-bond donors (Lipinski definition) is 0. The molecule has 2 aromatic rings. The molecular formula is C18H18NO4-. The quantitative estimate of drug-likeness (QED) is 0.628. The summed E-state index contributed by atoms with van der Waals surface area (Å²) in [6.07, 6.45) is 0.700. The molecule has 0 aromatic heterocycles. The Labute approximate surface area is 134 Å². The monoisotopic (exact) mass is 312 g/mol. The lowest BCUT2D eigenvalue weighted by molar-refractivity contribution is -0.792. The van der Waals surface area contributed by atoms with Crippen LogP contribution in [0.5, 0.6) is 0 Å². The molecule has 1 aliphatic rings. The summed E-state index contributed by atoms with van der Waals surface area (Å²) < 4.78 is 0. The molecular weight excluding hydrogens is 294 g/mol. The molecule has 0 radical (unpaired) electrons. The fourth-order valence-electron chi connectivity index (χ4n) is 3.04. The summed E-state index contributed by atoms with van der Waals surface area (Å²) in [5.41, 5.74) is -0.0539. The van der Waals surface area contributed by atoms with E-state index in [1.54, 1.807) is 24.3 Å². The van der Waals surface area contributed by atoms with Crippen LogP contribution in [0.2, 0.25) is 0 Å². The zero-order valence-corrected chi connectivity index (χ0v) is 13.1. The summed E-state index contributed by atoms with van der Waals surface area (Å²) in [4.78, 5) is 16.3. The number of aryl methyl sites for hydroxylation is 2. The SMILES string of the molecule is Cc1ccc(C(O[N+](=O)[O-])(c2ccc(C)cc2)C2([O-])CC2)cc1. The molecule has 1 saturated carbocycles. The molecule has 3 rings (SSSR count). The van der Waals surface area contributed by atoms with Gasteiger partial charge < -0.3 is 5.11 Å². The highest BCUT2D eigenvalue weighted by Gasteiger charge is 2.55. The molecule has 5 nitrogen and oxygen atoms in total. The number of hydrogen-bond acceptors (Lipinski definition) is 4. The van der Waals surface area contributed by atoms with Crippen molar-refractivity contribution in [2.75, 3.05) is 0 Å². The van der Waals surface area contributed by atoms with E-state index >= 15 is 0 Å². The molecule has 0 saturated heterocycles. The second-order valence-corrected chi connectivity index (χ2v) is 6.22. The molecule has 5 heteroatoms. The average Bonchev–Trinajstić information content (AvgIpc) is 3.26. The van der Waals surface area contributed by atoms with Gasteiger partial charge in [-0.25, -0.2) is 0 Å². The standard InChI is InChI=1S/C18H18NO4/c1-13-3-7-15(8-4-13)18(23-19(21)22,17(20)11-12-17)16-9-5-14(2)6-10-16/h3-10H,11-12H2,1-2H3/q-1. The molecule has 120 valence electrons. The Balaban J connectivity index is 2.23. The normalized spacial score (nSPS) is 16.0. The number of rotatable bonds is 5. The number of nitrogens with zero attached hydrogens (tertiary/aromatic N) is 1. The summed E-state index contributed by atoms with van der Waals surface area (Å²) in [5.74, 6) is 0. The Bertz CT molecular complexity index is 672. The molecule has 0 bridgehead atoms. The minimum atomic E-state index is -1.61. The van der Waals surface area contributed by atoms with E-state index in [2.05, 4.69) is 0 Å². The maximum atomic E-state index is 13.1. The molecule has 2 aromatic carbocycles. The molecule has 1 aliphatic carbocycles. The van der Waals surface area contributed by atoms with Crippen molar-refractivity contribution >= 4 is 0 Å². The molecule has 0 aliphatic heterocycles. The summed E-state index contributed by atoms with van der Waals surface area (Å²) in [7, 11) is 0. The molecule has 0 amide bonds. The zero-order chi connectivity index (χ0) is 16.7. The van der Waals surface area contributed by atoms with E-state index in [-0.39, 0.29) is 0 Å². The maximum absolute atomic E-state index is 13.1. The van der Waals surface area contributed by atoms with E-state index in [1.165, 1.54) is 0 Å². The van der Waals surface area contributed by atoms with Crippen LogP contribution in [0.3, 0.4) is 0 Å². The zero-order valence-electron chi connectivity index (χ0n) is 13.1. The lowest BCUT2D eigenvalue weighted by Crippen LogP contribution is -2.54. The van der Waals surface area contributed by atoms with Crippen LogP contribution in [0.4, 0.5) is 0 Å². The van der Waals surface area contributed by atoms with E-state index in [0.717, 1.165) is 11.1 Å². The van der Waals surface area contributed by atoms with Crippen molar-refractivity contribution in [2.45, 2.75) is 37.9 Å². The molecule has 0 unspecified atom stereocenters. The first-order valence-electron chi connectivity index (χ1n) is 7.56. The van der Waals surface area contributed by atoms with E-state index in [4.69, 9.17) is 4.84 Å². The van der Waals surface area contributed by atoms with Gasteiger partial charge in [0.15, 0.2) is 5.60 Å². The van der Waals surface area contributed by atoms with Crippen LogP contribution in [0, 0.1) is 24.0 Å². The highest BCUT2D eigenvalue weighted by Crippen LogP contribution is 2.53. The Morgan fingerprint density at radius 1 is 0.957 bits per heavy atom. The Kier molecular flexibility index (Phi) is 3.60. The van der Waals surface area contributed by atoms with Gasteiger partial charge in [-0.3, -0.25) is 4.84 Å². The lowest BCUT2D eigenvalue weighted by atomic mass is 9.79. The van der Waals surface area contributed by atoms with Crippen molar-refractivity contribution < 1.29 is 15.0 Å². The Hall–Kier alpha value is -2.40. The fourth-order valence-corrected chi connectivity index (χ4v) is 3.04. The van der Waals surface area contributed by atoms with Gasteiger partial charge in [0.25, 0.3) is 5.09 Å². The van der Waals surface area contributed by atoms with Gasteiger partial charge in [-0.15, -0.1) is 10.1 Å². The van der Waals surface area contributed by atoms with Gasteiger partial charge in [0.1, 0.15) is 0 Å². The molecule has 0 N–H and O–H groups in total. The van der Waals surface area contributed by atoms with Gasteiger partial charge in [0, 0.05) is 0 Å². The maximum Gasteiger partial charge on any atom is 0.295 e. The van der Waals surface area contributed by atoms with Gasteiger partial charge in [-0.1, -0.05) is 78.1 Å². The Morgan fingerprint density at radius 3 is 1.65 bits per heavy atom. The van der Waals surface area contributed by atoms with Crippen molar-refractivity contribution in [1.82, 2.24) is 0 Å². The fraction of sp³-hybridized carbons (Fsp3) is 0.333. The minimum absolute atomic E-state index is 0.350. The van der Waals surface area contributed by atoms with Gasteiger partial charge in [0.05, 0.1) is 0 Å². The van der Waals surface area contributed by atoms with Gasteiger partial charge in [0.2, 0.25) is 0 Å². The van der Waals surface area contributed by atoms with E-state index in [9.17, 15) is 15.2 Å². The second-order valence-electron chi connectivity index (χ2n) is 6.22. The average molecular weight is 312 g/mol. The van der Waals surface area contributed by atoms with Crippen molar-refractivity contribution in [3.63, 3.8) is 0 Å². The van der Waals surface area contributed by atoms with Crippen molar-refractivity contribution in [3.05, 3.63) is 80.9 Å². The molecule has 0 heterocycles. The third kappa shape index (κ3) is 2.57. The lowest BCUT2D eigenvalue weighted by Gasteiger charge is -2.44. The van der Waals surface area contributed by atoms with Crippen LogP contribution in [-0.4, -0.2) is 10.7 Å². The van der Waals surface area contributed by atoms with Crippen LogP contribution in [-0.2, 0) is 10.4 Å². The molecule has 0 atom stereocenters. The first kappa shape index (κ1) is 15.5. The van der Waals surface area contributed by atoms with Crippen LogP contribution in [0.15, 0.2) is 48.5 Å². The number of benzene rings is 2. The molecule has 23 heavy (non-hydrogen) atoms. The second kappa shape index (κ2) is 5.35. The Morgan fingerprint density at radius 2 is 1.35 bits per heavy atom.